The molecule has 7 heteroatoms. The highest BCUT2D eigenvalue weighted by Gasteiger charge is 2.12. The topological polar surface area (TPSA) is 64.4 Å². The van der Waals surface area contributed by atoms with Gasteiger partial charge in [0, 0.05) is 5.56 Å². The van der Waals surface area contributed by atoms with Crippen molar-refractivity contribution in [2.24, 2.45) is 5.10 Å². The lowest BCUT2D eigenvalue weighted by atomic mass is 10.2. The number of ether oxygens (including phenoxy) is 2. The van der Waals surface area contributed by atoms with Gasteiger partial charge in [0.2, 0.25) is 4.77 Å². The highest BCUT2D eigenvalue weighted by molar-refractivity contribution is 7.71. The van der Waals surface area contributed by atoms with Crippen molar-refractivity contribution in [1.82, 2.24) is 14.9 Å². The molecule has 0 saturated heterocycles. The summed E-state index contributed by atoms with van der Waals surface area (Å²) in [5.74, 6) is 1.85. The zero-order chi connectivity index (χ0) is 17.8. The number of hydrogen-bond acceptors (Lipinski definition) is 5. The number of H-pyrrole nitrogens is 1. The van der Waals surface area contributed by atoms with Crippen molar-refractivity contribution >= 4 is 18.4 Å². The maximum atomic E-state index is 5.35. The van der Waals surface area contributed by atoms with Crippen LogP contribution in [0.4, 0.5) is 0 Å². The SMILES string of the molecule is COc1ccc(-c2n[nH]c(=S)n2/N=C/c2ccc(C)cc2)cc1OC. The average molecular weight is 354 g/mol. The van der Waals surface area contributed by atoms with Crippen LogP contribution in [0.5, 0.6) is 11.5 Å². The van der Waals surface area contributed by atoms with Gasteiger partial charge >= 0.3 is 0 Å². The van der Waals surface area contributed by atoms with Crippen LogP contribution >= 0.6 is 12.2 Å². The Morgan fingerprint density at radius 3 is 2.48 bits per heavy atom. The van der Waals surface area contributed by atoms with Gasteiger partial charge in [0.25, 0.3) is 0 Å². The van der Waals surface area contributed by atoms with Crippen molar-refractivity contribution in [2.75, 3.05) is 14.2 Å². The molecule has 128 valence electrons. The Bertz CT molecular complexity index is 958. The maximum Gasteiger partial charge on any atom is 0.216 e. The number of aromatic amines is 1. The molecule has 6 nitrogen and oxygen atoms in total. The fourth-order valence-corrected chi connectivity index (χ4v) is 2.52. The average Bonchev–Trinajstić information content (AvgIpc) is 3.01. The Balaban J connectivity index is 1.99. The van der Waals surface area contributed by atoms with E-state index >= 15 is 0 Å². The van der Waals surface area contributed by atoms with Crippen molar-refractivity contribution in [3.8, 4) is 22.9 Å². The van der Waals surface area contributed by atoms with Crippen molar-refractivity contribution < 1.29 is 9.47 Å². The molecule has 0 aliphatic carbocycles. The summed E-state index contributed by atoms with van der Waals surface area (Å²) in [5.41, 5.74) is 2.99. The second-order valence-electron chi connectivity index (χ2n) is 5.39. The summed E-state index contributed by atoms with van der Waals surface area (Å²) < 4.78 is 12.6. The zero-order valence-electron chi connectivity index (χ0n) is 14.2. The number of methoxy groups -OCH3 is 2. The maximum absolute atomic E-state index is 5.35. The van der Waals surface area contributed by atoms with Crippen LogP contribution in [0.3, 0.4) is 0 Å². The minimum atomic E-state index is 0.410. The number of nitrogens with zero attached hydrogens (tertiary/aromatic N) is 3. The Morgan fingerprint density at radius 1 is 1.08 bits per heavy atom. The van der Waals surface area contributed by atoms with Crippen LogP contribution in [0, 0.1) is 11.7 Å². The first-order valence-electron chi connectivity index (χ1n) is 7.63. The standard InChI is InChI=1S/C18H18N4O2S/c1-12-4-6-13(7-5-12)11-19-22-17(20-21-18(22)25)14-8-9-15(23-2)16(10-14)24-3/h4-11H,1-3H3,(H,21,25)/b19-11+. The summed E-state index contributed by atoms with van der Waals surface area (Å²) in [6.07, 6.45) is 1.75. The minimum Gasteiger partial charge on any atom is -0.493 e. The molecular weight excluding hydrogens is 336 g/mol. The number of rotatable bonds is 5. The van der Waals surface area contributed by atoms with E-state index in [2.05, 4.69) is 15.3 Å². The quantitative estimate of drug-likeness (QED) is 0.559. The van der Waals surface area contributed by atoms with E-state index in [1.165, 1.54) is 5.56 Å². The fraction of sp³-hybridized carbons (Fsp3) is 0.167. The molecule has 0 radical (unpaired) electrons. The smallest absolute Gasteiger partial charge is 0.216 e. The number of nitrogens with one attached hydrogen (secondary N) is 1. The van der Waals surface area contributed by atoms with E-state index < -0.39 is 0 Å². The van der Waals surface area contributed by atoms with Crippen LogP contribution in [0.25, 0.3) is 11.4 Å². The number of hydrogen-bond donors (Lipinski definition) is 1. The second kappa shape index (κ2) is 7.31. The van der Waals surface area contributed by atoms with Gasteiger partial charge in [-0.3, -0.25) is 0 Å². The summed E-state index contributed by atoms with van der Waals surface area (Å²) in [6.45, 7) is 2.04. The summed E-state index contributed by atoms with van der Waals surface area (Å²) in [7, 11) is 3.19. The third-order valence-corrected chi connectivity index (χ3v) is 3.96. The molecule has 0 spiro atoms. The Kier molecular flexibility index (Phi) is 4.95. The molecule has 0 amide bonds. The molecule has 3 aromatic rings. The van der Waals surface area contributed by atoms with Gasteiger partial charge in [-0.1, -0.05) is 29.8 Å². The third kappa shape index (κ3) is 3.61. The van der Waals surface area contributed by atoms with Crippen LogP contribution in [-0.2, 0) is 0 Å². The van der Waals surface area contributed by atoms with E-state index in [0.717, 1.165) is 11.1 Å². The van der Waals surface area contributed by atoms with E-state index in [1.54, 1.807) is 25.1 Å². The summed E-state index contributed by atoms with van der Waals surface area (Å²) in [4.78, 5) is 0. The van der Waals surface area contributed by atoms with Gasteiger partial charge in [-0.2, -0.15) is 14.9 Å². The molecular formula is C18H18N4O2S. The normalized spacial score (nSPS) is 11.0. The van der Waals surface area contributed by atoms with E-state index in [0.29, 0.717) is 22.1 Å². The van der Waals surface area contributed by atoms with Crippen LogP contribution in [-0.4, -0.2) is 35.3 Å². The van der Waals surface area contributed by atoms with E-state index in [4.69, 9.17) is 21.7 Å². The lowest BCUT2D eigenvalue weighted by Crippen LogP contribution is -1.96. The first-order valence-corrected chi connectivity index (χ1v) is 8.04. The Morgan fingerprint density at radius 2 is 1.80 bits per heavy atom. The van der Waals surface area contributed by atoms with Gasteiger partial charge in [0.1, 0.15) is 0 Å². The van der Waals surface area contributed by atoms with Crippen molar-refractivity contribution in [1.29, 1.82) is 0 Å². The molecule has 0 saturated carbocycles. The lowest BCUT2D eigenvalue weighted by Gasteiger charge is -2.09. The van der Waals surface area contributed by atoms with E-state index in [9.17, 15) is 0 Å². The van der Waals surface area contributed by atoms with Gasteiger partial charge in [0.05, 0.1) is 20.4 Å². The monoisotopic (exact) mass is 354 g/mol. The van der Waals surface area contributed by atoms with Crippen molar-refractivity contribution in [2.45, 2.75) is 6.92 Å². The van der Waals surface area contributed by atoms with Crippen LogP contribution in [0.1, 0.15) is 11.1 Å². The Labute approximate surface area is 150 Å². The molecule has 25 heavy (non-hydrogen) atoms. The van der Waals surface area contributed by atoms with Gasteiger partial charge in [-0.25, -0.2) is 5.10 Å². The van der Waals surface area contributed by atoms with E-state index in [1.807, 2.05) is 49.4 Å². The predicted octanol–water partition coefficient (Wildman–Crippen LogP) is 3.82. The molecule has 0 unspecified atom stereocenters. The minimum absolute atomic E-state index is 0.410. The molecule has 0 aliphatic heterocycles. The molecule has 1 heterocycles. The molecule has 0 bridgehead atoms. The van der Waals surface area contributed by atoms with Crippen molar-refractivity contribution in [3.05, 3.63) is 58.4 Å². The number of aryl methyl sites for hydroxylation is 1. The highest BCUT2D eigenvalue weighted by Crippen LogP contribution is 2.31. The number of benzene rings is 2. The fourth-order valence-electron chi connectivity index (χ4n) is 2.34. The molecule has 0 aliphatic rings. The first kappa shape index (κ1) is 16.9. The van der Waals surface area contributed by atoms with Gasteiger partial charge in [0.15, 0.2) is 17.3 Å². The summed E-state index contributed by atoms with van der Waals surface area (Å²) in [6, 6.07) is 13.6. The van der Waals surface area contributed by atoms with Gasteiger partial charge in [-0.05, 0) is 42.9 Å². The Hall–Kier alpha value is -2.93. The molecule has 1 aromatic heterocycles. The molecule has 0 fully saturated rings. The van der Waals surface area contributed by atoms with Gasteiger partial charge in [-0.15, -0.1) is 0 Å². The predicted molar refractivity (Wildman–Crippen MR) is 100 cm³/mol. The van der Waals surface area contributed by atoms with Crippen LogP contribution < -0.4 is 9.47 Å². The highest BCUT2D eigenvalue weighted by atomic mass is 32.1. The molecule has 0 atom stereocenters. The second-order valence-corrected chi connectivity index (χ2v) is 5.78. The van der Waals surface area contributed by atoms with E-state index in [-0.39, 0.29) is 0 Å². The largest absolute Gasteiger partial charge is 0.493 e. The summed E-state index contributed by atoms with van der Waals surface area (Å²) in [5, 5.41) is 11.5. The molecule has 1 N–H and O–H groups in total. The molecule has 3 rings (SSSR count). The zero-order valence-corrected chi connectivity index (χ0v) is 15.0. The lowest BCUT2D eigenvalue weighted by molar-refractivity contribution is 0.355. The molecule has 2 aromatic carbocycles. The first-order chi connectivity index (χ1) is 12.1. The van der Waals surface area contributed by atoms with Crippen molar-refractivity contribution in [3.63, 3.8) is 0 Å². The van der Waals surface area contributed by atoms with Crippen LogP contribution in [0.2, 0.25) is 0 Å². The van der Waals surface area contributed by atoms with Crippen LogP contribution in [0.15, 0.2) is 47.6 Å². The third-order valence-electron chi connectivity index (χ3n) is 3.69. The van der Waals surface area contributed by atoms with Gasteiger partial charge < -0.3 is 9.47 Å². The number of aromatic nitrogens is 3. The summed E-state index contributed by atoms with van der Waals surface area (Å²) >= 11 is 5.29.